The molecule has 1 atom stereocenters. The largest absolute Gasteiger partial charge is 0.342 e. The lowest BCUT2D eigenvalue weighted by molar-refractivity contribution is -0.137. The summed E-state index contributed by atoms with van der Waals surface area (Å²) in [6.45, 7) is 0.166. The molecular formula is C28H30F2N4O5. The van der Waals surface area contributed by atoms with Crippen LogP contribution < -0.4 is 15.5 Å². The number of piperidine rings is 2. The van der Waals surface area contributed by atoms with Crippen molar-refractivity contribution in [2.45, 2.75) is 69.8 Å². The van der Waals surface area contributed by atoms with Crippen molar-refractivity contribution in [2.75, 3.05) is 23.3 Å². The third-order valence-corrected chi connectivity index (χ3v) is 7.67. The van der Waals surface area contributed by atoms with Crippen LogP contribution in [0, 0.1) is 0 Å². The Balaban J connectivity index is 1.16. The van der Waals surface area contributed by atoms with Crippen molar-refractivity contribution in [1.29, 1.82) is 0 Å². The smallest absolute Gasteiger partial charge is 0.259 e. The summed E-state index contributed by atoms with van der Waals surface area (Å²) in [5.74, 6) is -4.18. The second kappa shape index (κ2) is 10.7. The average molecular weight is 541 g/mol. The van der Waals surface area contributed by atoms with Gasteiger partial charge in [0.05, 0.1) is 5.69 Å². The number of hydrogen-bond acceptors (Lipinski definition) is 5. The van der Waals surface area contributed by atoms with Gasteiger partial charge in [-0.25, -0.2) is 8.78 Å². The minimum absolute atomic E-state index is 0.0829. The molecule has 2 aromatic rings. The number of nitrogens with zero attached hydrogens (tertiary/aromatic N) is 2. The number of benzene rings is 2. The predicted molar refractivity (Wildman–Crippen MR) is 139 cm³/mol. The second-order valence-electron chi connectivity index (χ2n) is 10.3. The Morgan fingerprint density at radius 3 is 2.49 bits per heavy atom. The minimum Gasteiger partial charge on any atom is -0.342 e. The van der Waals surface area contributed by atoms with Gasteiger partial charge in [0.1, 0.15) is 6.04 Å². The van der Waals surface area contributed by atoms with E-state index >= 15 is 0 Å². The zero-order valence-electron chi connectivity index (χ0n) is 21.4. The van der Waals surface area contributed by atoms with Crippen molar-refractivity contribution in [1.82, 2.24) is 10.2 Å². The van der Waals surface area contributed by atoms with Crippen molar-refractivity contribution < 1.29 is 32.8 Å². The summed E-state index contributed by atoms with van der Waals surface area (Å²) in [5.41, 5.74) is 1.56. The standard InChI is InChI=1S/C28H30F2N4O5/c29-28(30)13-15-33(16-14-28)24(37)8-3-1-2-7-22(35)31-19-9-10-20-25-17(19)5-4-6-18(25)27(39)34(20)21-11-12-23(36)32-26(21)38/h4-6,9-10,21H,1-3,7-8,11-16H2,(H,31,35)(H,32,36,38). The topological polar surface area (TPSA) is 116 Å². The van der Waals surface area contributed by atoms with E-state index in [0.29, 0.717) is 47.0 Å². The molecule has 2 aromatic carbocycles. The summed E-state index contributed by atoms with van der Waals surface area (Å²) in [6.07, 6.45) is 2.14. The number of halogens is 2. The molecule has 3 heterocycles. The monoisotopic (exact) mass is 540 g/mol. The fraction of sp³-hybridized carbons (Fsp3) is 0.464. The van der Waals surface area contributed by atoms with E-state index in [4.69, 9.17) is 0 Å². The highest BCUT2D eigenvalue weighted by Crippen LogP contribution is 2.42. The van der Waals surface area contributed by atoms with Gasteiger partial charge in [0.15, 0.2) is 0 Å². The van der Waals surface area contributed by atoms with E-state index in [-0.39, 0.29) is 75.2 Å². The molecule has 1 unspecified atom stereocenters. The summed E-state index contributed by atoms with van der Waals surface area (Å²) in [4.78, 5) is 65.1. The summed E-state index contributed by atoms with van der Waals surface area (Å²) < 4.78 is 26.5. The van der Waals surface area contributed by atoms with Gasteiger partial charge in [0.2, 0.25) is 23.6 Å². The van der Waals surface area contributed by atoms with E-state index in [1.807, 2.05) is 0 Å². The summed E-state index contributed by atoms with van der Waals surface area (Å²) >= 11 is 0. The van der Waals surface area contributed by atoms with Crippen LogP contribution in [-0.4, -0.2) is 59.5 Å². The first-order valence-corrected chi connectivity index (χ1v) is 13.3. The maximum Gasteiger partial charge on any atom is 0.259 e. The summed E-state index contributed by atoms with van der Waals surface area (Å²) in [7, 11) is 0. The Labute approximate surface area is 223 Å². The Hall–Kier alpha value is -3.89. The number of rotatable bonds is 8. The Morgan fingerprint density at radius 2 is 1.74 bits per heavy atom. The number of carbonyl (C=O) groups excluding carboxylic acids is 5. The van der Waals surface area contributed by atoms with Crippen molar-refractivity contribution in [2.24, 2.45) is 0 Å². The van der Waals surface area contributed by atoms with Crippen LogP contribution in [-0.2, 0) is 19.2 Å². The van der Waals surface area contributed by atoms with Crippen LogP contribution in [0.4, 0.5) is 20.2 Å². The number of alkyl halides is 2. The van der Waals surface area contributed by atoms with E-state index in [1.54, 1.807) is 30.3 Å². The molecule has 3 aliphatic rings. The molecule has 5 amide bonds. The molecule has 11 heteroatoms. The van der Waals surface area contributed by atoms with Crippen molar-refractivity contribution in [3.8, 4) is 0 Å². The SMILES string of the molecule is O=C1CCC(N2C(=O)c3cccc4c(NC(=O)CCCCCC(=O)N5CCC(F)(F)CC5)ccc2c34)C(=O)N1. The molecule has 0 radical (unpaired) electrons. The first kappa shape index (κ1) is 26.7. The minimum atomic E-state index is -2.68. The molecule has 206 valence electrons. The highest BCUT2D eigenvalue weighted by molar-refractivity contribution is 6.28. The number of carbonyl (C=O) groups is 5. The fourth-order valence-electron chi connectivity index (χ4n) is 5.55. The van der Waals surface area contributed by atoms with Gasteiger partial charge < -0.3 is 10.2 Å². The zero-order valence-corrected chi connectivity index (χ0v) is 21.4. The molecule has 0 aromatic heterocycles. The summed E-state index contributed by atoms with van der Waals surface area (Å²) in [5, 5.41) is 6.54. The normalized spacial score (nSPS) is 20.4. The van der Waals surface area contributed by atoms with Crippen LogP contribution in [0.25, 0.3) is 10.8 Å². The Bertz CT molecular complexity index is 1350. The van der Waals surface area contributed by atoms with Gasteiger partial charge in [-0.05, 0) is 37.5 Å². The van der Waals surface area contributed by atoms with Crippen molar-refractivity contribution >= 4 is 51.7 Å². The van der Waals surface area contributed by atoms with Crippen LogP contribution in [0.5, 0.6) is 0 Å². The number of likely N-dealkylation sites (tertiary alicyclic amines) is 1. The van der Waals surface area contributed by atoms with Crippen LogP contribution in [0.15, 0.2) is 30.3 Å². The number of hydrogen-bond donors (Lipinski definition) is 2. The van der Waals surface area contributed by atoms with Crippen LogP contribution >= 0.6 is 0 Å². The van der Waals surface area contributed by atoms with Crippen LogP contribution in [0.2, 0.25) is 0 Å². The lowest BCUT2D eigenvalue weighted by Crippen LogP contribution is -2.53. The molecule has 2 fully saturated rings. The van der Waals surface area contributed by atoms with Crippen LogP contribution in [0.1, 0.15) is 68.1 Å². The number of amides is 5. The van der Waals surface area contributed by atoms with E-state index < -0.39 is 17.9 Å². The van der Waals surface area contributed by atoms with E-state index in [0.717, 1.165) is 0 Å². The molecule has 39 heavy (non-hydrogen) atoms. The summed E-state index contributed by atoms with van der Waals surface area (Å²) in [6, 6.07) is 7.84. The van der Waals surface area contributed by atoms with Gasteiger partial charge in [-0.3, -0.25) is 34.2 Å². The van der Waals surface area contributed by atoms with E-state index in [1.165, 1.54) is 9.80 Å². The molecule has 3 aliphatic heterocycles. The molecule has 2 saturated heterocycles. The van der Waals surface area contributed by atoms with Crippen molar-refractivity contribution in [3.05, 3.63) is 35.9 Å². The van der Waals surface area contributed by atoms with E-state index in [9.17, 15) is 32.8 Å². The van der Waals surface area contributed by atoms with Crippen molar-refractivity contribution in [3.63, 3.8) is 0 Å². The Kier molecular flexibility index (Phi) is 7.33. The molecule has 0 saturated carbocycles. The quantitative estimate of drug-likeness (QED) is 0.391. The highest BCUT2D eigenvalue weighted by atomic mass is 19.3. The Morgan fingerprint density at radius 1 is 1.00 bits per heavy atom. The number of imide groups is 1. The first-order valence-electron chi connectivity index (χ1n) is 13.3. The maximum atomic E-state index is 13.3. The zero-order chi connectivity index (χ0) is 27.7. The maximum absolute atomic E-state index is 13.3. The first-order chi connectivity index (χ1) is 18.6. The molecule has 0 bridgehead atoms. The lowest BCUT2D eigenvalue weighted by Gasteiger charge is -2.31. The molecule has 0 aliphatic carbocycles. The van der Waals surface area contributed by atoms with Gasteiger partial charge in [0.25, 0.3) is 11.8 Å². The molecule has 0 spiro atoms. The van der Waals surface area contributed by atoms with Gasteiger partial charge in [-0.1, -0.05) is 18.6 Å². The third kappa shape index (κ3) is 5.48. The van der Waals surface area contributed by atoms with Gasteiger partial charge in [-0.2, -0.15) is 0 Å². The fourth-order valence-corrected chi connectivity index (χ4v) is 5.55. The number of anilines is 2. The van der Waals surface area contributed by atoms with Gasteiger partial charge in [-0.15, -0.1) is 0 Å². The van der Waals surface area contributed by atoms with Crippen LogP contribution in [0.3, 0.4) is 0 Å². The third-order valence-electron chi connectivity index (χ3n) is 7.67. The average Bonchev–Trinajstić information content (AvgIpc) is 3.18. The van der Waals surface area contributed by atoms with E-state index in [2.05, 4.69) is 10.6 Å². The number of nitrogens with one attached hydrogen (secondary N) is 2. The lowest BCUT2D eigenvalue weighted by atomic mass is 10.0. The molecule has 2 N–H and O–H groups in total. The predicted octanol–water partition coefficient (Wildman–Crippen LogP) is 3.75. The van der Waals surface area contributed by atoms with Gasteiger partial charge in [0, 0.05) is 67.2 Å². The molecule has 9 nitrogen and oxygen atoms in total. The van der Waals surface area contributed by atoms with Gasteiger partial charge >= 0.3 is 0 Å². The highest BCUT2D eigenvalue weighted by Gasteiger charge is 2.41. The molecular weight excluding hydrogens is 510 g/mol. The molecule has 5 rings (SSSR count). The second-order valence-corrected chi connectivity index (χ2v) is 10.3. The number of unbranched alkanes of at least 4 members (excludes halogenated alkanes) is 2.